The van der Waals surface area contributed by atoms with Crippen molar-refractivity contribution < 1.29 is 19.1 Å². The van der Waals surface area contributed by atoms with E-state index in [0.717, 1.165) is 0 Å². The van der Waals surface area contributed by atoms with Crippen LogP contribution in [0.3, 0.4) is 0 Å². The van der Waals surface area contributed by atoms with Crippen molar-refractivity contribution in [2.24, 2.45) is 5.92 Å². The standard InChI is InChI=1S/C19H18N2O4/c1-25-19(24)13-6-5-9-16(10-13)21-12-14(11-17(21)22)18(23)20-15-7-3-2-4-8-15/h2-10,14H,11-12H2,1H3,(H,20,23). The van der Waals surface area contributed by atoms with Gasteiger partial charge in [-0.2, -0.15) is 0 Å². The maximum absolute atomic E-state index is 12.4. The lowest BCUT2D eigenvalue weighted by atomic mass is 10.1. The molecule has 6 nitrogen and oxygen atoms in total. The second-order valence-corrected chi connectivity index (χ2v) is 5.80. The Balaban J connectivity index is 1.72. The number of rotatable bonds is 4. The zero-order valence-corrected chi connectivity index (χ0v) is 13.8. The number of ether oxygens (including phenoxy) is 1. The van der Waals surface area contributed by atoms with Crippen molar-refractivity contribution in [1.82, 2.24) is 0 Å². The summed E-state index contributed by atoms with van der Waals surface area (Å²) in [6.45, 7) is 0.280. The van der Waals surface area contributed by atoms with Gasteiger partial charge in [0.2, 0.25) is 11.8 Å². The Hall–Kier alpha value is -3.15. The smallest absolute Gasteiger partial charge is 0.337 e. The molecule has 1 aliphatic rings. The van der Waals surface area contributed by atoms with Crippen LogP contribution in [0.1, 0.15) is 16.8 Å². The van der Waals surface area contributed by atoms with Gasteiger partial charge in [0.25, 0.3) is 0 Å². The molecule has 2 amide bonds. The van der Waals surface area contributed by atoms with Crippen LogP contribution < -0.4 is 10.2 Å². The van der Waals surface area contributed by atoms with Gasteiger partial charge in [-0.25, -0.2) is 4.79 Å². The monoisotopic (exact) mass is 338 g/mol. The number of nitrogens with one attached hydrogen (secondary N) is 1. The summed E-state index contributed by atoms with van der Waals surface area (Å²) in [5, 5.41) is 2.82. The number of benzene rings is 2. The number of amides is 2. The SMILES string of the molecule is COC(=O)c1cccc(N2CC(C(=O)Nc3ccccc3)CC2=O)c1. The Morgan fingerprint density at radius 2 is 1.88 bits per heavy atom. The number of hydrogen-bond donors (Lipinski definition) is 1. The van der Waals surface area contributed by atoms with Gasteiger partial charge < -0.3 is 15.0 Å². The highest BCUT2D eigenvalue weighted by Gasteiger charge is 2.35. The molecular weight excluding hydrogens is 320 g/mol. The number of hydrogen-bond acceptors (Lipinski definition) is 4. The van der Waals surface area contributed by atoms with Gasteiger partial charge in [-0.3, -0.25) is 9.59 Å². The summed E-state index contributed by atoms with van der Waals surface area (Å²) in [4.78, 5) is 37.9. The van der Waals surface area contributed by atoms with Crippen LogP contribution >= 0.6 is 0 Å². The van der Waals surface area contributed by atoms with Crippen molar-refractivity contribution in [3.05, 3.63) is 60.2 Å². The van der Waals surface area contributed by atoms with Gasteiger partial charge >= 0.3 is 5.97 Å². The zero-order chi connectivity index (χ0) is 17.8. The van der Waals surface area contributed by atoms with Crippen molar-refractivity contribution in [3.8, 4) is 0 Å². The molecule has 0 bridgehead atoms. The third-order valence-corrected chi connectivity index (χ3v) is 4.12. The highest BCUT2D eigenvalue weighted by atomic mass is 16.5. The van der Waals surface area contributed by atoms with Gasteiger partial charge in [0, 0.05) is 24.3 Å². The number of methoxy groups -OCH3 is 1. The minimum atomic E-state index is -0.466. The number of carbonyl (C=O) groups is 3. The fraction of sp³-hybridized carbons (Fsp3) is 0.211. The van der Waals surface area contributed by atoms with Crippen molar-refractivity contribution in [3.63, 3.8) is 0 Å². The molecule has 0 aromatic heterocycles. The molecule has 2 aromatic rings. The predicted molar refractivity (Wildman–Crippen MR) is 93.3 cm³/mol. The average Bonchev–Trinajstić information content (AvgIpc) is 3.04. The molecule has 0 radical (unpaired) electrons. The fourth-order valence-corrected chi connectivity index (χ4v) is 2.82. The van der Waals surface area contributed by atoms with Crippen LogP contribution in [0.5, 0.6) is 0 Å². The van der Waals surface area contributed by atoms with Crippen LogP contribution in [0.25, 0.3) is 0 Å². The maximum atomic E-state index is 12.4. The minimum Gasteiger partial charge on any atom is -0.465 e. The molecule has 3 rings (SSSR count). The van der Waals surface area contributed by atoms with Crippen LogP contribution in [0.2, 0.25) is 0 Å². The summed E-state index contributed by atoms with van der Waals surface area (Å²) >= 11 is 0. The number of anilines is 2. The first-order valence-electron chi connectivity index (χ1n) is 7.93. The van der Waals surface area contributed by atoms with Crippen molar-refractivity contribution >= 4 is 29.2 Å². The molecule has 1 heterocycles. The molecule has 1 atom stereocenters. The largest absolute Gasteiger partial charge is 0.465 e. The van der Waals surface area contributed by atoms with E-state index in [1.54, 1.807) is 36.4 Å². The van der Waals surface area contributed by atoms with E-state index in [4.69, 9.17) is 4.74 Å². The second kappa shape index (κ2) is 7.17. The van der Waals surface area contributed by atoms with Crippen LogP contribution in [-0.2, 0) is 14.3 Å². The highest BCUT2D eigenvalue weighted by molar-refractivity contribution is 6.04. The van der Waals surface area contributed by atoms with Crippen LogP contribution in [0.15, 0.2) is 54.6 Å². The van der Waals surface area contributed by atoms with Gasteiger partial charge in [-0.1, -0.05) is 24.3 Å². The average molecular weight is 338 g/mol. The van der Waals surface area contributed by atoms with Gasteiger partial charge in [0.15, 0.2) is 0 Å². The molecule has 6 heteroatoms. The van der Waals surface area contributed by atoms with E-state index >= 15 is 0 Å². The minimum absolute atomic E-state index is 0.140. The molecule has 1 saturated heterocycles. The Labute approximate surface area is 145 Å². The van der Waals surface area contributed by atoms with Crippen LogP contribution in [-0.4, -0.2) is 31.4 Å². The number of para-hydroxylation sites is 1. The summed E-state index contributed by atoms with van der Waals surface area (Å²) in [6.07, 6.45) is 0.140. The Morgan fingerprint density at radius 1 is 1.12 bits per heavy atom. The van der Waals surface area contributed by atoms with E-state index in [9.17, 15) is 14.4 Å². The molecule has 2 aromatic carbocycles. The first kappa shape index (κ1) is 16.7. The van der Waals surface area contributed by atoms with E-state index in [-0.39, 0.29) is 24.8 Å². The summed E-state index contributed by atoms with van der Waals surface area (Å²) in [6, 6.07) is 15.8. The van der Waals surface area contributed by atoms with Gasteiger partial charge in [-0.15, -0.1) is 0 Å². The van der Waals surface area contributed by atoms with Crippen molar-refractivity contribution in [1.29, 1.82) is 0 Å². The van der Waals surface area contributed by atoms with Crippen LogP contribution in [0.4, 0.5) is 11.4 Å². The molecule has 1 unspecified atom stereocenters. The van der Waals surface area contributed by atoms with Gasteiger partial charge in [0.1, 0.15) is 0 Å². The number of nitrogens with zero attached hydrogens (tertiary/aromatic N) is 1. The molecule has 1 fully saturated rings. The quantitative estimate of drug-likeness (QED) is 0.869. The van der Waals surface area contributed by atoms with Crippen molar-refractivity contribution in [2.45, 2.75) is 6.42 Å². The van der Waals surface area contributed by atoms with Gasteiger partial charge in [-0.05, 0) is 30.3 Å². The Kier molecular flexibility index (Phi) is 4.79. The first-order valence-corrected chi connectivity index (χ1v) is 7.93. The molecule has 0 saturated carbocycles. The maximum Gasteiger partial charge on any atom is 0.337 e. The van der Waals surface area contributed by atoms with Crippen molar-refractivity contribution in [2.75, 3.05) is 23.9 Å². The van der Waals surface area contributed by atoms with Gasteiger partial charge in [0.05, 0.1) is 18.6 Å². The molecule has 0 aliphatic carbocycles. The first-order chi connectivity index (χ1) is 12.1. The lowest BCUT2D eigenvalue weighted by molar-refractivity contribution is -0.122. The molecule has 128 valence electrons. The Bertz CT molecular complexity index is 804. The lowest BCUT2D eigenvalue weighted by Gasteiger charge is -2.17. The molecule has 0 spiro atoms. The number of esters is 1. The van der Waals surface area contributed by atoms with E-state index < -0.39 is 11.9 Å². The van der Waals surface area contributed by atoms with E-state index in [0.29, 0.717) is 16.9 Å². The molecule has 1 N–H and O–H groups in total. The third kappa shape index (κ3) is 3.68. The van der Waals surface area contributed by atoms with Crippen LogP contribution in [0, 0.1) is 5.92 Å². The molecular formula is C19H18N2O4. The summed E-state index contributed by atoms with van der Waals surface area (Å²) in [7, 11) is 1.31. The lowest BCUT2D eigenvalue weighted by Crippen LogP contribution is -2.28. The summed E-state index contributed by atoms with van der Waals surface area (Å²) < 4.78 is 4.70. The zero-order valence-electron chi connectivity index (χ0n) is 13.8. The second-order valence-electron chi connectivity index (χ2n) is 5.80. The predicted octanol–water partition coefficient (Wildman–Crippen LogP) is 2.46. The van der Waals surface area contributed by atoms with E-state index in [1.165, 1.54) is 12.0 Å². The highest BCUT2D eigenvalue weighted by Crippen LogP contribution is 2.27. The molecule has 1 aliphatic heterocycles. The summed E-state index contributed by atoms with van der Waals surface area (Å²) in [5.74, 6) is -1.23. The Morgan fingerprint density at radius 3 is 2.60 bits per heavy atom. The third-order valence-electron chi connectivity index (χ3n) is 4.12. The molecule has 25 heavy (non-hydrogen) atoms. The normalized spacial score (nSPS) is 16.6. The number of carbonyl (C=O) groups excluding carboxylic acids is 3. The summed E-state index contributed by atoms with van der Waals surface area (Å²) in [5.41, 5.74) is 1.65. The topological polar surface area (TPSA) is 75.7 Å². The fourth-order valence-electron chi connectivity index (χ4n) is 2.82. The van der Waals surface area contributed by atoms with E-state index in [1.807, 2.05) is 18.2 Å². The van der Waals surface area contributed by atoms with E-state index in [2.05, 4.69) is 5.32 Å².